The quantitative estimate of drug-likeness (QED) is 0.0347. The van der Waals surface area contributed by atoms with Gasteiger partial charge < -0.3 is 37.3 Å². The first-order valence-corrected chi connectivity index (χ1v) is 28.7. The lowest BCUT2D eigenvalue weighted by molar-refractivity contribution is 0.272. The Labute approximate surface area is 451 Å². The van der Waals surface area contributed by atoms with E-state index in [-0.39, 0.29) is 10.9 Å². The molecule has 0 saturated carbocycles. The topological polar surface area (TPSA) is 116 Å². The largest absolute Gasteiger partial charge is 0.494 e. The average molecular weight is 1040 g/mol. The zero-order valence-electron chi connectivity index (χ0n) is 45.4. The van der Waals surface area contributed by atoms with E-state index in [2.05, 4.69) is 13.8 Å². The van der Waals surface area contributed by atoms with Crippen molar-refractivity contribution in [1.82, 2.24) is 0 Å². The molecule has 0 fully saturated rings. The van der Waals surface area contributed by atoms with E-state index in [0.717, 1.165) is 85.5 Å². The van der Waals surface area contributed by atoms with Crippen molar-refractivity contribution in [3.63, 3.8) is 0 Å². The molecular formula is C66H82O10. The van der Waals surface area contributed by atoms with E-state index in [1.165, 1.54) is 102 Å². The minimum Gasteiger partial charge on any atom is -0.494 e. The number of fused-ring (bicyclic) bond motifs is 2. The Morgan fingerprint density at radius 3 is 0.961 bits per heavy atom. The molecule has 2 heterocycles. The molecule has 0 aliphatic carbocycles. The van der Waals surface area contributed by atoms with Crippen molar-refractivity contribution in [3.8, 4) is 56.8 Å². The van der Waals surface area contributed by atoms with Gasteiger partial charge in [0.25, 0.3) is 0 Å². The van der Waals surface area contributed by atoms with E-state index >= 15 is 0 Å². The van der Waals surface area contributed by atoms with Gasteiger partial charge in [0.2, 0.25) is 0 Å². The summed E-state index contributed by atoms with van der Waals surface area (Å²) in [7, 11) is 0. The van der Waals surface area contributed by atoms with Crippen LogP contribution in [0, 0.1) is 0 Å². The first-order valence-electron chi connectivity index (χ1n) is 28.7. The van der Waals surface area contributed by atoms with Gasteiger partial charge in [0.15, 0.2) is 10.9 Å². The van der Waals surface area contributed by atoms with Crippen LogP contribution in [0.25, 0.3) is 44.2 Å². The van der Waals surface area contributed by atoms with Crippen LogP contribution in [0.15, 0.2) is 140 Å². The van der Waals surface area contributed by atoms with Crippen molar-refractivity contribution >= 4 is 21.9 Å². The lowest BCUT2D eigenvalue weighted by Gasteiger charge is -2.11. The second-order valence-corrected chi connectivity index (χ2v) is 20.0. The van der Waals surface area contributed by atoms with Crippen molar-refractivity contribution in [1.29, 1.82) is 0 Å². The summed E-state index contributed by atoms with van der Waals surface area (Å²) in [5, 5.41) is 1.04. The molecule has 0 N–H and O–H groups in total. The lowest BCUT2D eigenvalue weighted by Crippen LogP contribution is -2.05. The maximum Gasteiger partial charge on any atom is 0.200 e. The van der Waals surface area contributed by atoms with Gasteiger partial charge in [0, 0.05) is 18.2 Å². The van der Waals surface area contributed by atoms with Gasteiger partial charge in [-0.2, -0.15) is 0 Å². The molecule has 76 heavy (non-hydrogen) atoms. The second kappa shape index (κ2) is 32.7. The molecular weight excluding hydrogens is 953 g/mol. The molecule has 10 nitrogen and oxygen atoms in total. The van der Waals surface area contributed by atoms with Crippen molar-refractivity contribution in [2.75, 3.05) is 39.6 Å². The van der Waals surface area contributed by atoms with Crippen LogP contribution in [0.1, 0.15) is 155 Å². The van der Waals surface area contributed by atoms with Gasteiger partial charge in [0.1, 0.15) is 58.2 Å². The van der Waals surface area contributed by atoms with Crippen molar-refractivity contribution in [2.45, 2.75) is 155 Å². The Morgan fingerprint density at radius 1 is 0.316 bits per heavy atom. The van der Waals surface area contributed by atoms with Crippen LogP contribution in [0.5, 0.6) is 34.5 Å². The van der Waals surface area contributed by atoms with Crippen molar-refractivity contribution in [3.05, 3.63) is 142 Å². The maximum atomic E-state index is 13.4. The van der Waals surface area contributed by atoms with Gasteiger partial charge >= 0.3 is 0 Å². The Kier molecular flexibility index (Phi) is 24.5. The van der Waals surface area contributed by atoms with Gasteiger partial charge in [-0.05, 0) is 123 Å². The number of benzene rings is 5. The van der Waals surface area contributed by atoms with Crippen LogP contribution < -0.4 is 39.3 Å². The summed E-state index contributed by atoms with van der Waals surface area (Å²) in [4.78, 5) is 26.9. The molecule has 406 valence electrons. The van der Waals surface area contributed by atoms with Crippen molar-refractivity contribution < 1.29 is 37.3 Å². The average Bonchev–Trinajstić information content (AvgIpc) is 3.44. The molecule has 5 aromatic carbocycles. The van der Waals surface area contributed by atoms with E-state index in [1.807, 2.05) is 84.9 Å². The predicted octanol–water partition coefficient (Wildman–Crippen LogP) is 17.5. The Bertz CT molecular complexity index is 2670. The van der Waals surface area contributed by atoms with Crippen molar-refractivity contribution in [2.24, 2.45) is 0 Å². The molecule has 2 aromatic heterocycles. The lowest BCUT2D eigenvalue weighted by atomic mass is 10.1. The van der Waals surface area contributed by atoms with Gasteiger partial charge in [-0.1, -0.05) is 134 Å². The molecule has 0 aliphatic heterocycles. The van der Waals surface area contributed by atoms with E-state index in [0.29, 0.717) is 84.2 Å². The van der Waals surface area contributed by atoms with Crippen LogP contribution in [0.4, 0.5) is 0 Å². The van der Waals surface area contributed by atoms with E-state index in [4.69, 9.17) is 37.3 Å². The first-order chi connectivity index (χ1) is 37.5. The second-order valence-electron chi connectivity index (χ2n) is 20.0. The number of hydrogen-bond acceptors (Lipinski definition) is 10. The molecule has 0 unspecified atom stereocenters. The summed E-state index contributed by atoms with van der Waals surface area (Å²) in [5.41, 5.74) is 3.49. The van der Waals surface area contributed by atoms with Gasteiger partial charge in [-0.25, -0.2) is 0 Å². The zero-order valence-corrected chi connectivity index (χ0v) is 45.4. The smallest absolute Gasteiger partial charge is 0.200 e. The molecule has 0 saturated heterocycles. The normalized spacial score (nSPS) is 11.3. The molecule has 0 aliphatic rings. The molecule has 0 spiro atoms. The molecule has 0 bridgehead atoms. The Balaban J connectivity index is 0.720. The predicted molar refractivity (Wildman–Crippen MR) is 308 cm³/mol. The fourth-order valence-electron chi connectivity index (χ4n) is 9.28. The third-order valence-corrected chi connectivity index (χ3v) is 13.8. The third kappa shape index (κ3) is 18.9. The summed E-state index contributed by atoms with van der Waals surface area (Å²) in [6.07, 6.45) is 28.7. The minimum absolute atomic E-state index is 0.0730. The molecule has 0 atom stereocenters. The third-order valence-electron chi connectivity index (χ3n) is 13.8. The standard InChI is InChI=1S/C66H82O10/c1-3-5-7-9-11-13-15-19-40-69-53-32-28-51(29-33-53)61-49-75-63-47-57(36-38-59(63)65(61)67)73-44-23-17-21-42-71-55-26-25-27-56(46-55)72-43-22-18-24-45-74-58-37-39-60-64(48-58)76-50-62(66(60)68)52-30-34-54(35-31-52)70-41-20-16-14-12-10-8-6-4-2/h25-39,46-50H,3-24,40-45H2,1-2H3. The molecule has 7 aromatic rings. The maximum absolute atomic E-state index is 13.4. The van der Waals surface area contributed by atoms with E-state index in [1.54, 1.807) is 24.3 Å². The highest BCUT2D eigenvalue weighted by Crippen LogP contribution is 2.28. The number of ether oxygens (including phenoxy) is 6. The van der Waals surface area contributed by atoms with Crippen LogP contribution in [-0.2, 0) is 0 Å². The minimum atomic E-state index is -0.0730. The van der Waals surface area contributed by atoms with Gasteiger partial charge in [0.05, 0.1) is 61.5 Å². The summed E-state index contributed by atoms with van der Waals surface area (Å²) < 4.78 is 47.9. The van der Waals surface area contributed by atoms with Gasteiger partial charge in [-0.15, -0.1) is 0 Å². The number of rotatable bonds is 38. The number of hydrogen-bond donors (Lipinski definition) is 0. The zero-order chi connectivity index (χ0) is 52.8. The Morgan fingerprint density at radius 2 is 0.605 bits per heavy atom. The molecule has 10 heteroatoms. The fourth-order valence-corrected chi connectivity index (χ4v) is 9.28. The van der Waals surface area contributed by atoms with Gasteiger partial charge in [-0.3, -0.25) is 9.59 Å². The summed E-state index contributed by atoms with van der Waals surface area (Å²) in [5.74, 6) is 4.53. The highest BCUT2D eigenvalue weighted by atomic mass is 16.5. The summed E-state index contributed by atoms with van der Waals surface area (Å²) >= 11 is 0. The SMILES string of the molecule is CCCCCCCCCCOc1ccc(-c2coc3cc(OCCCCCOc4cccc(OCCCCCOc5ccc6c(=O)c(-c7ccc(OCCCCCCCCCC)cc7)coc6c5)c4)ccc3c2=O)cc1. The van der Waals surface area contributed by atoms with Crippen LogP contribution in [0.2, 0.25) is 0 Å². The summed E-state index contributed by atoms with van der Waals surface area (Å²) in [6, 6.07) is 33.9. The Hall–Kier alpha value is -6.68. The molecule has 0 radical (unpaired) electrons. The molecule has 7 rings (SSSR count). The first kappa shape index (κ1) is 57.0. The summed E-state index contributed by atoms with van der Waals surface area (Å²) in [6.45, 7) is 8.19. The van der Waals surface area contributed by atoms with Crippen LogP contribution in [-0.4, -0.2) is 39.6 Å². The molecule has 0 amide bonds. The van der Waals surface area contributed by atoms with E-state index < -0.39 is 0 Å². The number of unbranched alkanes of at least 4 members (excludes halogenated alkanes) is 18. The highest BCUT2D eigenvalue weighted by molar-refractivity contribution is 5.83. The monoisotopic (exact) mass is 1030 g/mol. The highest BCUT2D eigenvalue weighted by Gasteiger charge is 2.13. The van der Waals surface area contributed by atoms with E-state index in [9.17, 15) is 9.59 Å². The van der Waals surface area contributed by atoms with Crippen LogP contribution >= 0.6 is 0 Å². The fraction of sp³-hybridized carbons (Fsp3) is 0.455. The van der Waals surface area contributed by atoms with Crippen LogP contribution in [0.3, 0.4) is 0 Å².